The number of hydrogen-bond donors (Lipinski definition) is 1. The number of rotatable bonds is 9. The van der Waals surface area contributed by atoms with Crippen molar-refractivity contribution < 1.29 is 14.5 Å². The van der Waals surface area contributed by atoms with Crippen LogP contribution in [-0.4, -0.2) is 17.4 Å². The Bertz CT molecular complexity index is 824. The van der Waals surface area contributed by atoms with E-state index < -0.39 is 4.92 Å². The Kier molecular flexibility index (Phi) is 7.79. The van der Waals surface area contributed by atoms with Gasteiger partial charge in [-0.25, -0.2) is 0 Å². The van der Waals surface area contributed by atoms with Crippen LogP contribution in [0, 0.1) is 17.0 Å². The molecule has 0 aromatic heterocycles. The van der Waals surface area contributed by atoms with E-state index in [4.69, 9.17) is 4.74 Å². The van der Waals surface area contributed by atoms with Crippen LogP contribution >= 0.6 is 15.9 Å². The molecular weight excluding hydrogens is 412 g/mol. The summed E-state index contributed by atoms with van der Waals surface area (Å²) in [5.41, 5.74) is 1.54. The van der Waals surface area contributed by atoms with E-state index in [0.717, 1.165) is 18.4 Å². The highest BCUT2D eigenvalue weighted by atomic mass is 79.9. The minimum absolute atomic E-state index is 0.0658. The highest BCUT2D eigenvalue weighted by Gasteiger charge is 2.14. The molecule has 2 aromatic carbocycles. The Morgan fingerprint density at radius 2 is 1.96 bits per heavy atom. The third kappa shape index (κ3) is 6.06. The van der Waals surface area contributed by atoms with Gasteiger partial charge < -0.3 is 10.1 Å². The summed E-state index contributed by atoms with van der Waals surface area (Å²) in [5, 5.41) is 13.6. The molecule has 0 spiro atoms. The lowest BCUT2D eigenvalue weighted by Crippen LogP contribution is -2.13. The second-order valence-electron chi connectivity index (χ2n) is 6.26. The Hall–Kier alpha value is -2.41. The van der Waals surface area contributed by atoms with Crippen molar-refractivity contribution in [1.82, 2.24) is 0 Å². The number of nitrogens with zero attached hydrogens (tertiary/aromatic N) is 1. The topological polar surface area (TPSA) is 81.5 Å². The third-order valence-corrected chi connectivity index (χ3v) is 4.75. The molecule has 2 aromatic rings. The number of carbonyl (C=O) groups is 1. The van der Waals surface area contributed by atoms with Crippen LogP contribution in [0.3, 0.4) is 0 Å². The van der Waals surface area contributed by atoms with Gasteiger partial charge in [0.05, 0.1) is 21.7 Å². The summed E-state index contributed by atoms with van der Waals surface area (Å²) in [6.45, 7) is 4.58. The number of carbonyl (C=O) groups excluding carboxylic acids is 1. The van der Waals surface area contributed by atoms with Crippen LogP contribution in [0.15, 0.2) is 40.9 Å². The minimum Gasteiger partial charge on any atom is -0.492 e. The molecule has 0 saturated carbocycles. The number of halogens is 1. The molecular formula is C20H23BrN2O4. The zero-order valence-electron chi connectivity index (χ0n) is 15.5. The second-order valence-corrected chi connectivity index (χ2v) is 7.12. The van der Waals surface area contributed by atoms with Gasteiger partial charge in [0, 0.05) is 17.7 Å². The number of ether oxygens (including phenoxy) is 1. The fraction of sp³-hybridized carbons (Fsp3) is 0.350. The highest BCUT2D eigenvalue weighted by molar-refractivity contribution is 9.10. The summed E-state index contributed by atoms with van der Waals surface area (Å²) in [6.07, 6.45) is 4.50. The first-order valence-electron chi connectivity index (χ1n) is 8.91. The highest BCUT2D eigenvalue weighted by Crippen LogP contribution is 2.27. The van der Waals surface area contributed by atoms with E-state index in [1.54, 1.807) is 31.2 Å². The van der Waals surface area contributed by atoms with Gasteiger partial charge in [-0.1, -0.05) is 32.3 Å². The Morgan fingerprint density at radius 3 is 2.63 bits per heavy atom. The first-order valence-corrected chi connectivity index (χ1v) is 9.70. The molecule has 0 aliphatic carbocycles. The van der Waals surface area contributed by atoms with E-state index in [1.807, 2.05) is 0 Å². The number of amides is 1. The standard InChI is InChI=1S/C20H23BrN2O4/c1-3-4-5-6-11-27-19-10-8-15(12-17(19)21)20(24)22-18-13-16(23(25)26)9-7-14(18)2/h7-10,12-13H,3-6,11H2,1-2H3,(H,22,24). The predicted octanol–water partition coefficient (Wildman–Crippen LogP) is 5.88. The molecule has 2 rings (SSSR count). The van der Waals surface area contributed by atoms with Crippen LogP contribution in [0.5, 0.6) is 5.75 Å². The van der Waals surface area contributed by atoms with E-state index in [0.29, 0.717) is 28.1 Å². The molecule has 0 saturated heterocycles. The average Bonchev–Trinajstić information content (AvgIpc) is 2.64. The van der Waals surface area contributed by atoms with E-state index in [9.17, 15) is 14.9 Å². The van der Waals surface area contributed by atoms with Crippen LogP contribution in [-0.2, 0) is 0 Å². The monoisotopic (exact) mass is 434 g/mol. The first kappa shape index (κ1) is 20.9. The molecule has 144 valence electrons. The molecule has 6 nitrogen and oxygen atoms in total. The molecule has 1 N–H and O–H groups in total. The van der Waals surface area contributed by atoms with Crippen LogP contribution in [0.1, 0.15) is 48.5 Å². The van der Waals surface area contributed by atoms with Crippen LogP contribution in [0.25, 0.3) is 0 Å². The number of non-ortho nitro benzene ring substituents is 1. The molecule has 0 atom stereocenters. The fourth-order valence-corrected chi connectivity index (χ4v) is 3.02. The summed E-state index contributed by atoms with van der Waals surface area (Å²) in [7, 11) is 0. The van der Waals surface area contributed by atoms with Gasteiger partial charge in [-0.3, -0.25) is 14.9 Å². The molecule has 0 fully saturated rings. The minimum atomic E-state index is -0.488. The van der Waals surface area contributed by atoms with Crippen molar-refractivity contribution >= 4 is 33.2 Å². The van der Waals surface area contributed by atoms with Crippen LogP contribution < -0.4 is 10.1 Å². The van der Waals surface area contributed by atoms with Crippen molar-refractivity contribution in [3.8, 4) is 5.75 Å². The molecule has 7 heteroatoms. The Balaban J connectivity index is 2.04. The predicted molar refractivity (Wildman–Crippen MR) is 110 cm³/mol. The van der Waals surface area contributed by atoms with Crippen molar-refractivity contribution in [2.75, 3.05) is 11.9 Å². The Labute approximate surface area is 167 Å². The average molecular weight is 435 g/mol. The number of nitrogens with one attached hydrogen (secondary N) is 1. The molecule has 0 heterocycles. The van der Waals surface area contributed by atoms with Crippen molar-refractivity contribution in [1.29, 1.82) is 0 Å². The molecule has 1 amide bonds. The number of nitro benzene ring substituents is 1. The molecule has 0 radical (unpaired) electrons. The van der Waals surface area contributed by atoms with Gasteiger partial charge in [0.2, 0.25) is 0 Å². The molecule has 0 aliphatic heterocycles. The SMILES string of the molecule is CCCCCCOc1ccc(C(=O)Nc2cc([N+](=O)[O-])ccc2C)cc1Br. The van der Waals surface area contributed by atoms with Gasteiger partial charge in [-0.15, -0.1) is 0 Å². The third-order valence-electron chi connectivity index (χ3n) is 4.13. The van der Waals surface area contributed by atoms with E-state index in [1.165, 1.54) is 25.0 Å². The van der Waals surface area contributed by atoms with Crippen LogP contribution in [0.4, 0.5) is 11.4 Å². The van der Waals surface area contributed by atoms with E-state index in [2.05, 4.69) is 28.2 Å². The number of hydrogen-bond acceptors (Lipinski definition) is 4. The van der Waals surface area contributed by atoms with Crippen LogP contribution in [0.2, 0.25) is 0 Å². The zero-order valence-corrected chi connectivity index (χ0v) is 17.0. The van der Waals surface area contributed by atoms with Crippen molar-refractivity contribution in [2.45, 2.75) is 39.5 Å². The lowest BCUT2D eigenvalue weighted by Gasteiger charge is -2.11. The first-order chi connectivity index (χ1) is 12.9. The van der Waals surface area contributed by atoms with Gasteiger partial charge in [0.25, 0.3) is 11.6 Å². The lowest BCUT2D eigenvalue weighted by atomic mass is 10.1. The summed E-state index contributed by atoms with van der Waals surface area (Å²) in [6, 6.07) is 9.49. The maximum Gasteiger partial charge on any atom is 0.271 e. The van der Waals surface area contributed by atoms with Gasteiger partial charge in [-0.05, 0) is 53.0 Å². The Morgan fingerprint density at radius 1 is 1.19 bits per heavy atom. The van der Waals surface area contributed by atoms with Crippen molar-refractivity contribution in [2.24, 2.45) is 0 Å². The quantitative estimate of drug-likeness (QED) is 0.303. The van der Waals surface area contributed by atoms with E-state index >= 15 is 0 Å². The number of benzene rings is 2. The summed E-state index contributed by atoms with van der Waals surface area (Å²) in [4.78, 5) is 22.9. The molecule has 0 unspecified atom stereocenters. The zero-order chi connectivity index (χ0) is 19.8. The summed E-state index contributed by atoms with van der Waals surface area (Å²) < 4.78 is 6.44. The van der Waals surface area contributed by atoms with Gasteiger partial charge in [-0.2, -0.15) is 0 Å². The fourth-order valence-electron chi connectivity index (χ4n) is 2.52. The molecule has 0 bridgehead atoms. The van der Waals surface area contributed by atoms with Crippen molar-refractivity contribution in [3.05, 3.63) is 62.1 Å². The smallest absolute Gasteiger partial charge is 0.271 e. The van der Waals surface area contributed by atoms with Crippen molar-refractivity contribution in [3.63, 3.8) is 0 Å². The maximum absolute atomic E-state index is 12.5. The summed E-state index contributed by atoms with van der Waals surface area (Å²) >= 11 is 3.43. The summed E-state index contributed by atoms with van der Waals surface area (Å²) in [5.74, 6) is 0.350. The molecule has 27 heavy (non-hydrogen) atoms. The lowest BCUT2D eigenvalue weighted by molar-refractivity contribution is -0.384. The number of aryl methyl sites for hydroxylation is 1. The number of unbranched alkanes of at least 4 members (excludes halogenated alkanes) is 3. The number of anilines is 1. The van der Waals surface area contributed by atoms with Gasteiger partial charge >= 0.3 is 0 Å². The largest absolute Gasteiger partial charge is 0.492 e. The normalized spacial score (nSPS) is 10.5. The van der Waals surface area contributed by atoms with Gasteiger partial charge in [0.1, 0.15) is 5.75 Å². The number of nitro groups is 1. The van der Waals surface area contributed by atoms with E-state index in [-0.39, 0.29) is 11.6 Å². The maximum atomic E-state index is 12.5. The van der Waals surface area contributed by atoms with Gasteiger partial charge in [0.15, 0.2) is 0 Å². The second kappa shape index (κ2) is 10.1. The molecule has 0 aliphatic rings.